The molecular formula is C30H29N5O3S. The normalized spacial score (nSPS) is 11.4. The van der Waals surface area contributed by atoms with Crippen LogP contribution in [0.25, 0.3) is 11.1 Å². The molecule has 4 aromatic rings. The molecule has 1 heterocycles. The Balaban J connectivity index is 1.55. The Hall–Kier alpha value is -4.55. The molecule has 0 unspecified atom stereocenters. The summed E-state index contributed by atoms with van der Waals surface area (Å²) >= 11 is 1.54. The first-order valence-corrected chi connectivity index (χ1v) is 13.8. The molecule has 4 rings (SSSR count). The number of hydrogen-bond acceptors (Lipinski definition) is 6. The van der Waals surface area contributed by atoms with Crippen LogP contribution in [-0.4, -0.2) is 44.6 Å². The van der Waals surface area contributed by atoms with E-state index in [1.165, 1.54) is 11.8 Å². The summed E-state index contributed by atoms with van der Waals surface area (Å²) in [7, 11) is 0. The van der Waals surface area contributed by atoms with Gasteiger partial charge in [-0.3, -0.25) is 4.79 Å². The van der Waals surface area contributed by atoms with Gasteiger partial charge in [0.1, 0.15) is 6.04 Å². The number of carbonyl (C=O) groups excluding carboxylic acids is 1. The summed E-state index contributed by atoms with van der Waals surface area (Å²) in [5, 5.41) is 25.1. The molecule has 1 amide bonds. The van der Waals surface area contributed by atoms with Crippen molar-refractivity contribution >= 4 is 29.3 Å². The number of nitrogens with one attached hydrogen (secondary N) is 2. The molecule has 0 fully saturated rings. The minimum atomic E-state index is -1.05. The monoisotopic (exact) mass is 539 g/mol. The molecule has 0 aliphatic heterocycles. The van der Waals surface area contributed by atoms with Gasteiger partial charge in [-0.1, -0.05) is 48.5 Å². The van der Waals surface area contributed by atoms with Crippen molar-refractivity contribution in [2.24, 2.45) is 0 Å². The third-order valence-corrected chi connectivity index (χ3v) is 6.96. The van der Waals surface area contributed by atoms with Gasteiger partial charge in [0.25, 0.3) is 5.91 Å². The number of rotatable bonds is 12. The highest BCUT2D eigenvalue weighted by Crippen LogP contribution is 2.28. The Morgan fingerprint density at radius 3 is 2.62 bits per heavy atom. The van der Waals surface area contributed by atoms with Crippen molar-refractivity contribution in [2.75, 3.05) is 17.3 Å². The zero-order valence-electron chi connectivity index (χ0n) is 21.5. The topological polar surface area (TPSA) is 120 Å². The van der Waals surface area contributed by atoms with Crippen molar-refractivity contribution in [1.82, 2.24) is 14.9 Å². The number of carboxylic acids is 1. The second-order valence-electron chi connectivity index (χ2n) is 8.91. The molecule has 3 aromatic carbocycles. The van der Waals surface area contributed by atoms with Gasteiger partial charge in [0.05, 0.1) is 36.7 Å². The largest absolute Gasteiger partial charge is 0.480 e. The van der Waals surface area contributed by atoms with Crippen LogP contribution < -0.4 is 10.6 Å². The number of nitriles is 1. The number of hydrogen-bond donors (Lipinski definition) is 3. The maximum atomic E-state index is 13.2. The van der Waals surface area contributed by atoms with Crippen molar-refractivity contribution in [3.63, 3.8) is 0 Å². The lowest BCUT2D eigenvalue weighted by Crippen LogP contribution is -2.41. The summed E-state index contributed by atoms with van der Waals surface area (Å²) in [5.74, 6) is -0.848. The van der Waals surface area contributed by atoms with E-state index in [1.807, 2.05) is 71.5 Å². The number of nitrogens with zero attached hydrogens (tertiary/aromatic N) is 3. The summed E-state index contributed by atoms with van der Waals surface area (Å²) in [6.07, 6.45) is 5.76. The molecule has 8 nitrogen and oxygen atoms in total. The fourth-order valence-corrected chi connectivity index (χ4v) is 4.69. The Bertz CT molecular complexity index is 1480. The summed E-state index contributed by atoms with van der Waals surface area (Å²) in [5.41, 5.74) is 5.23. The predicted molar refractivity (Wildman–Crippen MR) is 154 cm³/mol. The molecule has 0 aliphatic carbocycles. The molecule has 198 valence electrons. The van der Waals surface area contributed by atoms with Crippen molar-refractivity contribution in [3.05, 3.63) is 108 Å². The molecule has 0 radical (unpaired) electrons. The average Bonchev–Trinajstić information content (AvgIpc) is 3.41. The van der Waals surface area contributed by atoms with Crippen LogP contribution in [0.3, 0.4) is 0 Å². The van der Waals surface area contributed by atoms with Crippen LogP contribution in [0.4, 0.5) is 5.69 Å². The molecule has 0 saturated carbocycles. The van der Waals surface area contributed by atoms with E-state index in [9.17, 15) is 20.0 Å². The number of aromatic nitrogens is 2. The van der Waals surface area contributed by atoms with Gasteiger partial charge in [-0.15, -0.1) is 0 Å². The van der Waals surface area contributed by atoms with Gasteiger partial charge in [-0.25, -0.2) is 9.78 Å². The highest BCUT2D eigenvalue weighted by atomic mass is 32.2. The van der Waals surface area contributed by atoms with Crippen molar-refractivity contribution in [2.45, 2.75) is 25.6 Å². The van der Waals surface area contributed by atoms with Crippen LogP contribution >= 0.6 is 11.8 Å². The van der Waals surface area contributed by atoms with E-state index in [0.717, 1.165) is 22.5 Å². The maximum absolute atomic E-state index is 13.2. The Morgan fingerprint density at radius 1 is 1.10 bits per heavy atom. The van der Waals surface area contributed by atoms with E-state index >= 15 is 0 Å². The van der Waals surface area contributed by atoms with E-state index in [-0.39, 0.29) is 0 Å². The minimum Gasteiger partial charge on any atom is -0.480 e. The van der Waals surface area contributed by atoms with E-state index in [4.69, 9.17) is 0 Å². The molecule has 39 heavy (non-hydrogen) atoms. The van der Waals surface area contributed by atoms with Gasteiger partial charge in [0.2, 0.25) is 0 Å². The van der Waals surface area contributed by atoms with Crippen LogP contribution in [-0.2, 0) is 17.9 Å². The minimum absolute atomic E-state index is 0.342. The van der Waals surface area contributed by atoms with E-state index in [0.29, 0.717) is 42.0 Å². The second kappa shape index (κ2) is 13.3. The van der Waals surface area contributed by atoms with Gasteiger partial charge in [-0.05, 0) is 59.4 Å². The number of amides is 1. The lowest BCUT2D eigenvalue weighted by molar-refractivity contribution is -0.139. The summed E-state index contributed by atoms with van der Waals surface area (Å²) < 4.78 is 1.99. The average molecular weight is 540 g/mol. The maximum Gasteiger partial charge on any atom is 0.326 e. The molecule has 9 heteroatoms. The molecular weight excluding hydrogens is 510 g/mol. The first-order valence-electron chi connectivity index (χ1n) is 12.4. The SMILES string of the molecule is CSCC[C@H](NC(=O)c1ccc(NCc2cncn2Cc2ccccc2C#N)cc1-c1ccccc1)C(=O)O. The Labute approximate surface area is 231 Å². The van der Waals surface area contributed by atoms with Gasteiger partial charge in [0.15, 0.2) is 0 Å². The fourth-order valence-electron chi connectivity index (χ4n) is 4.22. The van der Waals surface area contributed by atoms with Gasteiger partial charge >= 0.3 is 5.97 Å². The third kappa shape index (κ3) is 7.06. The predicted octanol–water partition coefficient (Wildman–Crippen LogP) is 5.02. The van der Waals surface area contributed by atoms with Gasteiger partial charge < -0.3 is 20.3 Å². The molecule has 0 aliphatic rings. The zero-order valence-corrected chi connectivity index (χ0v) is 22.3. The Morgan fingerprint density at radius 2 is 1.87 bits per heavy atom. The van der Waals surface area contributed by atoms with Crippen molar-refractivity contribution in [1.29, 1.82) is 5.26 Å². The Kier molecular flexibility index (Phi) is 9.38. The number of carbonyl (C=O) groups is 2. The van der Waals surface area contributed by atoms with Crippen LogP contribution in [0.1, 0.15) is 33.6 Å². The molecule has 1 aromatic heterocycles. The number of thioether (sulfide) groups is 1. The quantitative estimate of drug-likeness (QED) is 0.231. The number of aliphatic carboxylic acids is 1. The lowest BCUT2D eigenvalue weighted by atomic mass is 9.98. The van der Waals surface area contributed by atoms with Gasteiger partial charge in [-0.2, -0.15) is 17.0 Å². The fraction of sp³-hybridized carbons (Fsp3) is 0.200. The van der Waals surface area contributed by atoms with E-state index in [2.05, 4.69) is 21.7 Å². The van der Waals surface area contributed by atoms with Crippen molar-refractivity contribution in [3.8, 4) is 17.2 Å². The first kappa shape index (κ1) is 27.5. The smallest absolute Gasteiger partial charge is 0.326 e. The first-order chi connectivity index (χ1) is 19.0. The van der Waals surface area contributed by atoms with Crippen molar-refractivity contribution < 1.29 is 14.7 Å². The standard InChI is InChI=1S/C30H29N5O3S/c1-39-14-13-28(30(37)38)34-29(36)26-12-11-24(15-27(26)21-7-3-2-4-8-21)33-18-25-17-32-20-35(25)19-23-10-6-5-9-22(23)16-31/h2-12,15,17,20,28,33H,13-14,18-19H2,1H3,(H,34,36)(H,37,38)/t28-/m0/s1. The highest BCUT2D eigenvalue weighted by Gasteiger charge is 2.22. The summed E-state index contributed by atoms with van der Waals surface area (Å²) in [4.78, 5) is 29.2. The van der Waals surface area contributed by atoms with Crippen LogP contribution in [0.2, 0.25) is 0 Å². The zero-order chi connectivity index (χ0) is 27.6. The van der Waals surface area contributed by atoms with E-state index in [1.54, 1.807) is 24.7 Å². The molecule has 0 saturated heterocycles. The number of carboxylic acid groups (broad SMARTS) is 1. The lowest BCUT2D eigenvalue weighted by Gasteiger charge is -2.17. The van der Waals surface area contributed by atoms with E-state index < -0.39 is 17.9 Å². The molecule has 3 N–H and O–H groups in total. The molecule has 0 spiro atoms. The summed E-state index contributed by atoms with van der Waals surface area (Å²) in [6.45, 7) is 1.00. The van der Waals surface area contributed by atoms with Crippen LogP contribution in [0.5, 0.6) is 0 Å². The number of anilines is 1. The second-order valence-corrected chi connectivity index (χ2v) is 9.89. The number of imidazole rings is 1. The molecule has 1 atom stereocenters. The van der Waals surface area contributed by atoms with Crippen LogP contribution in [0.15, 0.2) is 85.3 Å². The molecule has 0 bridgehead atoms. The van der Waals surface area contributed by atoms with Gasteiger partial charge in [0, 0.05) is 17.4 Å². The number of benzene rings is 3. The third-order valence-electron chi connectivity index (χ3n) is 6.31. The summed E-state index contributed by atoms with van der Waals surface area (Å²) in [6, 6.07) is 23.7. The van der Waals surface area contributed by atoms with Crippen LogP contribution in [0, 0.1) is 11.3 Å². The highest BCUT2D eigenvalue weighted by molar-refractivity contribution is 7.98.